The lowest BCUT2D eigenvalue weighted by Gasteiger charge is -2.37. The summed E-state index contributed by atoms with van der Waals surface area (Å²) < 4.78 is 0. The van der Waals surface area contributed by atoms with E-state index >= 15 is 0 Å². The van der Waals surface area contributed by atoms with Gasteiger partial charge in [-0.05, 0) is 30.7 Å². The zero-order valence-electron chi connectivity index (χ0n) is 14.2. The molecule has 1 saturated heterocycles. The van der Waals surface area contributed by atoms with Gasteiger partial charge in [0.05, 0.1) is 6.07 Å². The molecule has 1 atom stereocenters. The highest BCUT2D eigenvalue weighted by Gasteiger charge is 2.27. The molecule has 0 aliphatic carbocycles. The van der Waals surface area contributed by atoms with Gasteiger partial charge in [0.25, 0.3) is 5.91 Å². The zero-order chi connectivity index (χ0) is 17.8. The summed E-state index contributed by atoms with van der Waals surface area (Å²) in [6.45, 7) is 4.60. The first-order valence-corrected chi connectivity index (χ1v) is 8.71. The highest BCUT2D eigenvalue weighted by Crippen LogP contribution is 2.23. The normalized spacial score (nSPS) is 16.3. The van der Waals surface area contributed by atoms with Crippen LogP contribution in [0.2, 0.25) is 5.02 Å². The summed E-state index contributed by atoms with van der Waals surface area (Å²) in [6, 6.07) is 17.2. The first-order valence-electron chi connectivity index (χ1n) is 8.33. The molecule has 2 aromatic rings. The summed E-state index contributed by atoms with van der Waals surface area (Å²) >= 11 is 5.98. The first kappa shape index (κ1) is 17.5. The number of rotatable bonds is 3. The predicted molar refractivity (Wildman–Crippen MR) is 98.5 cm³/mol. The van der Waals surface area contributed by atoms with Crippen LogP contribution in [0.3, 0.4) is 0 Å². The maximum atomic E-state index is 12.6. The topological polar surface area (TPSA) is 47.3 Å². The van der Waals surface area contributed by atoms with Crippen molar-refractivity contribution in [3.8, 4) is 6.07 Å². The van der Waals surface area contributed by atoms with E-state index < -0.39 is 0 Å². The van der Waals surface area contributed by atoms with Crippen molar-refractivity contribution in [2.75, 3.05) is 26.2 Å². The van der Waals surface area contributed by atoms with Crippen LogP contribution in [0.25, 0.3) is 0 Å². The average Bonchev–Trinajstić information content (AvgIpc) is 2.64. The molecule has 0 spiro atoms. The third kappa shape index (κ3) is 4.01. The summed E-state index contributed by atoms with van der Waals surface area (Å²) in [6.07, 6.45) is 0. The Morgan fingerprint density at radius 3 is 2.40 bits per heavy atom. The minimum atomic E-state index is -0.274. The lowest BCUT2D eigenvalue weighted by atomic mass is 10.0. The van der Waals surface area contributed by atoms with Crippen LogP contribution in [0.5, 0.6) is 0 Å². The van der Waals surface area contributed by atoms with Crippen LogP contribution in [0, 0.1) is 18.3 Å². The molecule has 0 saturated carbocycles. The third-order valence-electron chi connectivity index (χ3n) is 4.55. The molecular weight excluding hydrogens is 334 g/mol. The molecule has 1 fully saturated rings. The second-order valence-electron chi connectivity index (χ2n) is 6.28. The van der Waals surface area contributed by atoms with Gasteiger partial charge >= 0.3 is 0 Å². The van der Waals surface area contributed by atoms with Gasteiger partial charge in [0.15, 0.2) is 0 Å². The number of nitrogens with zero attached hydrogens (tertiary/aromatic N) is 3. The van der Waals surface area contributed by atoms with E-state index in [0.29, 0.717) is 36.8 Å². The standard InChI is InChI=1S/C20H20ClN3O/c1-15-5-7-16(8-6-15)19(14-22)23-9-11-24(12-10-23)20(25)17-3-2-4-18(21)13-17/h2-8,13,19H,9-12H2,1H3. The van der Waals surface area contributed by atoms with Gasteiger partial charge < -0.3 is 4.90 Å². The molecule has 4 nitrogen and oxygen atoms in total. The van der Waals surface area contributed by atoms with Gasteiger partial charge in [-0.1, -0.05) is 47.5 Å². The highest BCUT2D eigenvalue weighted by molar-refractivity contribution is 6.30. The minimum absolute atomic E-state index is 0.00834. The number of aryl methyl sites for hydroxylation is 1. The Bertz CT molecular complexity index is 789. The SMILES string of the molecule is Cc1ccc(C(C#N)N2CCN(C(=O)c3cccc(Cl)c3)CC2)cc1. The molecular formula is C20H20ClN3O. The molecule has 5 heteroatoms. The Kier molecular flexibility index (Phi) is 5.37. The van der Waals surface area contributed by atoms with Gasteiger partial charge in [-0.2, -0.15) is 5.26 Å². The molecule has 2 aromatic carbocycles. The predicted octanol–water partition coefficient (Wildman–Crippen LogP) is 3.67. The average molecular weight is 354 g/mol. The second-order valence-corrected chi connectivity index (χ2v) is 6.72. The highest BCUT2D eigenvalue weighted by atomic mass is 35.5. The largest absolute Gasteiger partial charge is 0.336 e. The van der Waals surface area contributed by atoms with Crippen LogP contribution in [0.4, 0.5) is 0 Å². The molecule has 0 aromatic heterocycles. The Morgan fingerprint density at radius 2 is 1.80 bits per heavy atom. The van der Waals surface area contributed by atoms with Crippen molar-refractivity contribution in [1.82, 2.24) is 9.80 Å². The van der Waals surface area contributed by atoms with E-state index in [0.717, 1.165) is 5.56 Å². The molecule has 1 heterocycles. The van der Waals surface area contributed by atoms with Gasteiger partial charge in [-0.3, -0.25) is 9.69 Å². The van der Waals surface area contributed by atoms with Crippen molar-refractivity contribution in [3.63, 3.8) is 0 Å². The molecule has 0 bridgehead atoms. The van der Waals surface area contributed by atoms with E-state index in [1.54, 1.807) is 24.3 Å². The summed E-state index contributed by atoms with van der Waals surface area (Å²) in [5.41, 5.74) is 2.79. The quantitative estimate of drug-likeness (QED) is 0.845. The van der Waals surface area contributed by atoms with Crippen LogP contribution >= 0.6 is 11.6 Å². The van der Waals surface area contributed by atoms with E-state index in [4.69, 9.17) is 11.6 Å². The fourth-order valence-electron chi connectivity index (χ4n) is 3.10. The van der Waals surface area contributed by atoms with Crippen LogP contribution in [0.15, 0.2) is 48.5 Å². The molecule has 3 rings (SSSR count). The maximum Gasteiger partial charge on any atom is 0.253 e. The number of carbonyl (C=O) groups is 1. The van der Waals surface area contributed by atoms with Gasteiger partial charge in [-0.15, -0.1) is 0 Å². The van der Waals surface area contributed by atoms with E-state index in [9.17, 15) is 10.1 Å². The van der Waals surface area contributed by atoms with Gasteiger partial charge in [0.2, 0.25) is 0 Å². The monoisotopic (exact) mass is 353 g/mol. The first-order chi connectivity index (χ1) is 12.1. The van der Waals surface area contributed by atoms with E-state index in [-0.39, 0.29) is 11.9 Å². The van der Waals surface area contributed by atoms with Crippen LogP contribution in [0.1, 0.15) is 27.5 Å². The van der Waals surface area contributed by atoms with Gasteiger partial charge in [0.1, 0.15) is 6.04 Å². The summed E-state index contributed by atoms with van der Waals surface area (Å²) in [5, 5.41) is 10.2. The molecule has 128 valence electrons. The van der Waals surface area contributed by atoms with E-state index in [1.165, 1.54) is 5.56 Å². The lowest BCUT2D eigenvalue weighted by Crippen LogP contribution is -2.49. The number of piperazine rings is 1. The van der Waals surface area contributed by atoms with Gasteiger partial charge in [-0.25, -0.2) is 0 Å². The number of carbonyl (C=O) groups excluding carboxylic acids is 1. The van der Waals surface area contributed by atoms with Crippen molar-refractivity contribution in [1.29, 1.82) is 5.26 Å². The maximum absolute atomic E-state index is 12.6. The molecule has 25 heavy (non-hydrogen) atoms. The summed E-state index contributed by atoms with van der Waals surface area (Å²) in [7, 11) is 0. The number of nitriles is 1. The fraction of sp³-hybridized carbons (Fsp3) is 0.300. The van der Waals surface area contributed by atoms with Crippen molar-refractivity contribution in [2.24, 2.45) is 0 Å². The Labute approximate surface area is 153 Å². The number of halogens is 1. The van der Waals surface area contributed by atoms with E-state index in [1.807, 2.05) is 36.1 Å². The van der Waals surface area contributed by atoms with Crippen LogP contribution in [-0.4, -0.2) is 41.9 Å². The smallest absolute Gasteiger partial charge is 0.253 e. The number of amides is 1. The van der Waals surface area contributed by atoms with Crippen molar-refractivity contribution >= 4 is 17.5 Å². The Hall–Kier alpha value is -2.35. The van der Waals surface area contributed by atoms with Crippen molar-refractivity contribution < 1.29 is 4.79 Å². The Balaban J connectivity index is 1.65. The molecule has 1 aliphatic heterocycles. The lowest BCUT2D eigenvalue weighted by molar-refractivity contribution is 0.0606. The molecule has 0 radical (unpaired) electrons. The summed E-state index contributed by atoms with van der Waals surface area (Å²) in [5.74, 6) is -0.00834. The van der Waals surface area contributed by atoms with Crippen LogP contribution in [-0.2, 0) is 0 Å². The van der Waals surface area contributed by atoms with E-state index in [2.05, 4.69) is 11.0 Å². The number of hydrogen-bond donors (Lipinski definition) is 0. The number of benzene rings is 2. The Morgan fingerprint density at radius 1 is 1.12 bits per heavy atom. The van der Waals surface area contributed by atoms with Crippen molar-refractivity contribution in [2.45, 2.75) is 13.0 Å². The molecule has 1 amide bonds. The third-order valence-corrected chi connectivity index (χ3v) is 4.79. The molecule has 1 aliphatic rings. The fourth-order valence-corrected chi connectivity index (χ4v) is 3.29. The second kappa shape index (κ2) is 7.69. The number of hydrogen-bond acceptors (Lipinski definition) is 3. The molecule has 1 unspecified atom stereocenters. The van der Waals surface area contributed by atoms with Crippen LogP contribution < -0.4 is 0 Å². The minimum Gasteiger partial charge on any atom is -0.336 e. The van der Waals surface area contributed by atoms with Crippen molar-refractivity contribution in [3.05, 3.63) is 70.2 Å². The summed E-state index contributed by atoms with van der Waals surface area (Å²) in [4.78, 5) is 16.5. The van der Waals surface area contributed by atoms with Gasteiger partial charge in [0, 0.05) is 36.8 Å². The zero-order valence-corrected chi connectivity index (χ0v) is 14.9. The molecule has 0 N–H and O–H groups in total.